The predicted molar refractivity (Wildman–Crippen MR) is 69.3 cm³/mol. The average molecular weight is 250 g/mol. The molecule has 1 saturated carbocycles. The van der Waals surface area contributed by atoms with Crippen molar-refractivity contribution in [2.24, 2.45) is 11.7 Å². The second-order valence-corrected chi connectivity index (χ2v) is 4.66. The number of hydrogen-bond acceptors (Lipinski definition) is 5. The summed E-state index contributed by atoms with van der Waals surface area (Å²) in [5, 5.41) is 14.0. The number of rotatable bonds is 5. The topological polar surface area (TPSA) is 94.1 Å². The second kappa shape index (κ2) is 5.77. The molecule has 0 aliphatic heterocycles. The summed E-state index contributed by atoms with van der Waals surface area (Å²) in [7, 11) is 0. The van der Waals surface area contributed by atoms with Crippen molar-refractivity contribution < 1.29 is 4.92 Å². The Balaban J connectivity index is 2.13. The van der Waals surface area contributed by atoms with Gasteiger partial charge in [-0.1, -0.05) is 12.8 Å². The molecule has 0 amide bonds. The number of nitrogens with zero attached hydrogens (tertiary/aromatic N) is 2. The van der Waals surface area contributed by atoms with Gasteiger partial charge in [-0.15, -0.1) is 0 Å². The van der Waals surface area contributed by atoms with Crippen molar-refractivity contribution in [2.75, 3.05) is 11.9 Å². The van der Waals surface area contributed by atoms with Crippen LogP contribution in [0.15, 0.2) is 18.3 Å². The highest BCUT2D eigenvalue weighted by atomic mass is 16.6. The van der Waals surface area contributed by atoms with E-state index in [1.807, 2.05) is 0 Å². The van der Waals surface area contributed by atoms with Crippen LogP contribution in [0.25, 0.3) is 0 Å². The normalized spacial score (nSPS) is 17.6. The monoisotopic (exact) mass is 250 g/mol. The lowest BCUT2D eigenvalue weighted by Gasteiger charge is -2.23. The highest BCUT2D eigenvalue weighted by molar-refractivity contribution is 5.55. The van der Waals surface area contributed by atoms with E-state index in [-0.39, 0.29) is 11.7 Å². The van der Waals surface area contributed by atoms with E-state index in [0.717, 1.165) is 12.8 Å². The molecule has 1 aliphatic carbocycles. The largest absolute Gasteiger partial charge is 0.360 e. The molecule has 0 bridgehead atoms. The lowest BCUT2D eigenvalue weighted by Crippen LogP contribution is -2.35. The molecule has 1 heterocycles. The average Bonchev–Trinajstić information content (AvgIpc) is 2.90. The number of anilines is 1. The fourth-order valence-electron chi connectivity index (χ4n) is 2.56. The minimum absolute atomic E-state index is 0.00828. The van der Waals surface area contributed by atoms with E-state index in [2.05, 4.69) is 10.3 Å². The molecule has 0 aromatic carbocycles. The molecule has 1 aliphatic rings. The Hall–Kier alpha value is -1.69. The van der Waals surface area contributed by atoms with Crippen LogP contribution in [-0.2, 0) is 0 Å². The minimum Gasteiger partial charge on any atom is -0.360 e. The van der Waals surface area contributed by atoms with Gasteiger partial charge in [0.1, 0.15) is 0 Å². The van der Waals surface area contributed by atoms with Gasteiger partial charge in [-0.05, 0) is 24.8 Å². The van der Waals surface area contributed by atoms with E-state index in [0.29, 0.717) is 18.3 Å². The molecule has 1 unspecified atom stereocenters. The van der Waals surface area contributed by atoms with Crippen LogP contribution >= 0.6 is 0 Å². The summed E-state index contributed by atoms with van der Waals surface area (Å²) in [5.41, 5.74) is 5.77. The number of nitro groups is 1. The maximum absolute atomic E-state index is 10.9. The molecular formula is C12H18N4O2. The fraction of sp³-hybridized carbons (Fsp3) is 0.583. The number of pyridine rings is 1. The maximum atomic E-state index is 10.9. The van der Waals surface area contributed by atoms with Crippen molar-refractivity contribution in [1.82, 2.24) is 4.98 Å². The molecule has 0 radical (unpaired) electrons. The van der Waals surface area contributed by atoms with Crippen LogP contribution in [0.1, 0.15) is 25.7 Å². The SMILES string of the molecule is NCC(Nc1ncccc1[N+](=O)[O-])C1CCCC1. The lowest BCUT2D eigenvalue weighted by atomic mass is 9.98. The van der Waals surface area contributed by atoms with Gasteiger partial charge in [0.15, 0.2) is 0 Å². The molecule has 1 aromatic heterocycles. The van der Waals surface area contributed by atoms with Crippen LogP contribution in [-0.4, -0.2) is 22.5 Å². The zero-order valence-corrected chi connectivity index (χ0v) is 10.2. The van der Waals surface area contributed by atoms with Gasteiger partial charge >= 0.3 is 5.69 Å². The van der Waals surface area contributed by atoms with Gasteiger partial charge in [-0.3, -0.25) is 10.1 Å². The molecule has 0 spiro atoms. The van der Waals surface area contributed by atoms with Gasteiger partial charge in [-0.2, -0.15) is 0 Å². The summed E-state index contributed by atoms with van der Waals surface area (Å²) in [6.45, 7) is 0.471. The molecule has 3 N–H and O–H groups in total. The third-order valence-corrected chi connectivity index (χ3v) is 3.53. The number of nitrogens with two attached hydrogens (primary N) is 1. The standard InChI is InChI=1S/C12H18N4O2/c13-8-10(9-4-1-2-5-9)15-12-11(16(17)18)6-3-7-14-12/h3,6-7,9-10H,1-2,4-5,8,13H2,(H,14,15). The van der Waals surface area contributed by atoms with Crippen LogP contribution in [0.5, 0.6) is 0 Å². The molecule has 6 heteroatoms. The van der Waals surface area contributed by atoms with Crippen molar-refractivity contribution in [2.45, 2.75) is 31.7 Å². The van der Waals surface area contributed by atoms with Gasteiger partial charge in [0.2, 0.25) is 5.82 Å². The quantitative estimate of drug-likeness (QED) is 0.615. The Kier molecular flexibility index (Phi) is 4.09. The van der Waals surface area contributed by atoms with E-state index in [9.17, 15) is 10.1 Å². The third-order valence-electron chi connectivity index (χ3n) is 3.53. The molecule has 2 rings (SSSR count). The van der Waals surface area contributed by atoms with Crippen molar-refractivity contribution in [3.05, 3.63) is 28.4 Å². The lowest BCUT2D eigenvalue weighted by molar-refractivity contribution is -0.384. The van der Waals surface area contributed by atoms with Gasteiger partial charge in [-0.25, -0.2) is 4.98 Å². The molecule has 1 aromatic rings. The van der Waals surface area contributed by atoms with Crippen LogP contribution in [0.2, 0.25) is 0 Å². The van der Waals surface area contributed by atoms with Gasteiger partial charge in [0, 0.05) is 24.8 Å². The maximum Gasteiger partial charge on any atom is 0.311 e. The van der Waals surface area contributed by atoms with Gasteiger partial charge in [0.25, 0.3) is 0 Å². The smallest absolute Gasteiger partial charge is 0.311 e. The number of hydrogen-bond donors (Lipinski definition) is 2. The Morgan fingerprint density at radius 3 is 2.89 bits per heavy atom. The van der Waals surface area contributed by atoms with E-state index in [1.165, 1.54) is 18.9 Å². The second-order valence-electron chi connectivity index (χ2n) is 4.66. The zero-order chi connectivity index (χ0) is 13.0. The molecule has 18 heavy (non-hydrogen) atoms. The van der Waals surface area contributed by atoms with Crippen molar-refractivity contribution in [1.29, 1.82) is 0 Å². The van der Waals surface area contributed by atoms with Crippen LogP contribution in [0.4, 0.5) is 11.5 Å². The summed E-state index contributed by atoms with van der Waals surface area (Å²) in [6, 6.07) is 3.09. The number of aromatic nitrogens is 1. The van der Waals surface area contributed by atoms with Crippen molar-refractivity contribution in [3.63, 3.8) is 0 Å². The molecular weight excluding hydrogens is 232 g/mol. The Bertz CT molecular complexity index is 418. The first-order valence-corrected chi connectivity index (χ1v) is 6.28. The summed E-state index contributed by atoms with van der Waals surface area (Å²) < 4.78 is 0. The molecule has 1 fully saturated rings. The fourth-order valence-corrected chi connectivity index (χ4v) is 2.56. The first-order chi connectivity index (χ1) is 8.72. The molecule has 0 saturated heterocycles. The zero-order valence-electron chi connectivity index (χ0n) is 10.2. The molecule has 6 nitrogen and oxygen atoms in total. The summed E-state index contributed by atoms with van der Waals surface area (Å²) in [6.07, 6.45) is 6.25. The van der Waals surface area contributed by atoms with Crippen LogP contribution in [0, 0.1) is 16.0 Å². The van der Waals surface area contributed by atoms with Crippen LogP contribution in [0.3, 0.4) is 0 Å². The molecule has 98 valence electrons. The number of nitrogens with one attached hydrogen (secondary N) is 1. The van der Waals surface area contributed by atoms with Crippen LogP contribution < -0.4 is 11.1 Å². The van der Waals surface area contributed by atoms with E-state index in [1.54, 1.807) is 12.3 Å². The Morgan fingerprint density at radius 1 is 1.56 bits per heavy atom. The first kappa shape index (κ1) is 12.8. The van der Waals surface area contributed by atoms with Crippen molar-refractivity contribution in [3.8, 4) is 0 Å². The molecule has 1 atom stereocenters. The Labute approximate surface area is 106 Å². The van der Waals surface area contributed by atoms with E-state index >= 15 is 0 Å². The summed E-state index contributed by atoms with van der Waals surface area (Å²) >= 11 is 0. The first-order valence-electron chi connectivity index (χ1n) is 6.28. The van der Waals surface area contributed by atoms with Gasteiger partial charge < -0.3 is 11.1 Å². The van der Waals surface area contributed by atoms with E-state index in [4.69, 9.17) is 5.73 Å². The highest BCUT2D eigenvalue weighted by Crippen LogP contribution is 2.30. The van der Waals surface area contributed by atoms with Gasteiger partial charge in [0.05, 0.1) is 4.92 Å². The summed E-state index contributed by atoms with van der Waals surface area (Å²) in [4.78, 5) is 14.5. The van der Waals surface area contributed by atoms with E-state index < -0.39 is 4.92 Å². The summed E-state index contributed by atoms with van der Waals surface area (Å²) in [5.74, 6) is 0.821. The third kappa shape index (κ3) is 2.76. The highest BCUT2D eigenvalue weighted by Gasteiger charge is 2.26. The minimum atomic E-state index is -0.419. The predicted octanol–water partition coefficient (Wildman–Crippen LogP) is 1.92. The Morgan fingerprint density at radius 2 is 2.28 bits per heavy atom. The van der Waals surface area contributed by atoms with Crippen molar-refractivity contribution >= 4 is 11.5 Å².